The topological polar surface area (TPSA) is 83.6 Å². The molecule has 1 aliphatic rings. The molecule has 0 bridgehead atoms. The number of amides is 1. The van der Waals surface area contributed by atoms with Gasteiger partial charge in [-0.2, -0.15) is 0 Å². The molecular formula is C9H10N2O4. The highest BCUT2D eigenvalue weighted by Gasteiger charge is 2.36. The zero-order valence-electron chi connectivity index (χ0n) is 8.14. The van der Waals surface area contributed by atoms with E-state index in [-0.39, 0.29) is 24.7 Å². The summed E-state index contributed by atoms with van der Waals surface area (Å²) >= 11 is 0. The summed E-state index contributed by atoms with van der Waals surface area (Å²) in [5.41, 5.74) is 0.233. The number of likely N-dealkylation sites (tertiary alicyclic amines) is 1. The van der Waals surface area contributed by atoms with Gasteiger partial charge >= 0.3 is 5.97 Å². The molecule has 0 saturated carbocycles. The largest absolute Gasteiger partial charge is 0.481 e. The zero-order chi connectivity index (χ0) is 11.0. The fraction of sp³-hybridized carbons (Fsp3) is 0.444. The minimum absolute atomic E-state index is 0.233. The van der Waals surface area contributed by atoms with Crippen molar-refractivity contribution in [1.29, 1.82) is 0 Å². The number of rotatable bonds is 2. The number of hydrogen-bond acceptors (Lipinski definition) is 4. The number of carbonyl (C=O) groups excluding carboxylic acids is 1. The van der Waals surface area contributed by atoms with Crippen LogP contribution in [-0.4, -0.2) is 40.1 Å². The molecule has 6 nitrogen and oxygen atoms in total. The van der Waals surface area contributed by atoms with E-state index in [1.807, 2.05) is 0 Å². The van der Waals surface area contributed by atoms with Crippen LogP contribution in [0.25, 0.3) is 0 Å². The van der Waals surface area contributed by atoms with Crippen molar-refractivity contribution in [3.63, 3.8) is 0 Å². The summed E-state index contributed by atoms with van der Waals surface area (Å²) in [6, 6.07) is 1.54. The highest BCUT2D eigenvalue weighted by molar-refractivity contribution is 5.93. The molecule has 6 heteroatoms. The van der Waals surface area contributed by atoms with Gasteiger partial charge in [-0.1, -0.05) is 5.16 Å². The van der Waals surface area contributed by atoms with E-state index in [0.717, 1.165) is 0 Å². The predicted octanol–water partition coefficient (Wildman–Crippen LogP) is 0.140. The van der Waals surface area contributed by atoms with Crippen LogP contribution in [0.3, 0.4) is 0 Å². The average molecular weight is 210 g/mol. The van der Waals surface area contributed by atoms with Crippen LogP contribution < -0.4 is 0 Å². The average Bonchev–Trinajstić information content (AvgIpc) is 2.48. The van der Waals surface area contributed by atoms with Gasteiger partial charge in [-0.05, 0) is 6.92 Å². The Kier molecular flexibility index (Phi) is 2.18. The van der Waals surface area contributed by atoms with Crippen LogP contribution in [0, 0.1) is 12.8 Å². The lowest BCUT2D eigenvalue weighted by Gasteiger charge is -2.35. The Morgan fingerprint density at radius 2 is 2.27 bits per heavy atom. The highest BCUT2D eigenvalue weighted by Crippen LogP contribution is 2.18. The van der Waals surface area contributed by atoms with Crippen molar-refractivity contribution in [2.24, 2.45) is 5.92 Å². The molecule has 0 spiro atoms. The number of aromatic nitrogens is 1. The van der Waals surface area contributed by atoms with E-state index in [1.54, 1.807) is 6.92 Å². The van der Waals surface area contributed by atoms with Crippen molar-refractivity contribution in [3.8, 4) is 0 Å². The first-order chi connectivity index (χ1) is 7.08. The SMILES string of the molecule is Cc1cc(C(=O)N2CC(C(=O)O)C2)no1. The van der Waals surface area contributed by atoms with Gasteiger partial charge in [0.2, 0.25) is 0 Å². The normalized spacial score (nSPS) is 16.2. The van der Waals surface area contributed by atoms with Crippen LogP contribution in [0.15, 0.2) is 10.6 Å². The number of hydrogen-bond donors (Lipinski definition) is 1. The summed E-state index contributed by atoms with van der Waals surface area (Å²) in [7, 11) is 0. The van der Waals surface area contributed by atoms with Gasteiger partial charge in [0, 0.05) is 19.2 Å². The Hall–Kier alpha value is -1.85. The van der Waals surface area contributed by atoms with E-state index in [2.05, 4.69) is 5.16 Å². The van der Waals surface area contributed by atoms with Gasteiger partial charge in [-0.25, -0.2) is 0 Å². The molecule has 1 aromatic heterocycles. The molecule has 2 rings (SSSR count). The van der Waals surface area contributed by atoms with Crippen LogP contribution in [0.5, 0.6) is 0 Å². The van der Waals surface area contributed by atoms with Gasteiger partial charge < -0.3 is 14.5 Å². The zero-order valence-corrected chi connectivity index (χ0v) is 8.14. The highest BCUT2D eigenvalue weighted by atomic mass is 16.5. The van der Waals surface area contributed by atoms with Crippen molar-refractivity contribution >= 4 is 11.9 Å². The third-order valence-electron chi connectivity index (χ3n) is 2.37. The molecule has 0 radical (unpaired) electrons. The van der Waals surface area contributed by atoms with Crippen molar-refractivity contribution in [2.75, 3.05) is 13.1 Å². The molecule has 0 unspecified atom stereocenters. The summed E-state index contributed by atoms with van der Waals surface area (Å²) in [5.74, 6) is -1.02. The molecule has 1 amide bonds. The van der Waals surface area contributed by atoms with E-state index in [0.29, 0.717) is 5.76 Å². The Labute approximate surface area is 85.5 Å². The fourth-order valence-electron chi connectivity index (χ4n) is 1.43. The van der Waals surface area contributed by atoms with Crippen molar-refractivity contribution in [2.45, 2.75) is 6.92 Å². The maximum atomic E-state index is 11.6. The standard InChI is InChI=1S/C9H10N2O4/c1-5-2-7(10-15-5)8(12)11-3-6(4-11)9(13)14/h2,6H,3-4H2,1H3,(H,13,14). The van der Waals surface area contributed by atoms with Gasteiger partial charge in [-0.3, -0.25) is 9.59 Å². The molecule has 80 valence electrons. The van der Waals surface area contributed by atoms with E-state index in [4.69, 9.17) is 9.63 Å². The van der Waals surface area contributed by atoms with Crippen molar-refractivity contribution in [3.05, 3.63) is 17.5 Å². The van der Waals surface area contributed by atoms with E-state index >= 15 is 0 Å². The monoisotopic (exact) mass is 210 g/mol. The van der Waals surface area contributed by atoms with Crippen molar-refractivity contribution < 1.29 is 19.2 Å². The van der Waals surface area contributed by atoms with Crippen LogP contribution in [0.4, 0.5) is 0 Å². The molecule has 1 saturated heterocycles. The lowest BCUT2D eigenvalue weighted by atomic mass is 10.0. The van der Waals surface area contributed by atoms with E-state index in [9.17, 15) is 9.59 Å². The first kappa shape index (κ1) is 9.70. The Bertz CT molecular complexity index is 406. The molecule has 1 aromatic rings. The fourth-order valence-corrected chi connectivity index (χ4v) is 1.43. The minimum Gasteiger partial charge on any atom is -0.481 e. The third-order valence-corrected chi connectivity index (χ3v) is 2.37. The molecule has 0 aliphatic carbocycles. The van der Waals surface area contributed by atoms with Crippen LogP contribution in [0.1, 0.15) is 16.2 Å². The third kappa shape index (κ3) is 1.70. The van der Waals surface area contributed by atoms with Gasteiger partial charge in [0.1, 0.15) is 5.76 Å². The van der Waals surface area contributed by atoms with E-state index < -0.39 is 11.9 Å². The number of nitrogens with zero attached hydrogens (tertiary/aromatic N) is 2. The number of carboxylic acids is 1. The Balaban J connectivity index is 1.97. The second kappa shape index (κ2) is 3.38. The predicted molar refractivity (Wildman–Crippen MR) is 48.3 cm³/mol. The smallest absolute Gasteiger partial charge is 0.310 e. The second-order valence-corrected chi connectivity index (χ2v) is 3.57. The number of aryl methyl sites for hydroxylation is 1. The van der Waals surface area contributed by atoms with Gasteiger partial charge in [0.05, 0.1) is 5.92 Å². The number of aliphatic carboxylic acids is 1. The van der Waals surface area contributed by atoms with Crippen molar-refractivity contribution in [1.82, 2.24) is 10.1 Å². The van der Waals surface area contributed by atoms with Gasteiger partial charge in [0.15, 0.2) is 5.69 Å². The van der Waals surface area contributed by atoms with Crippen LogP contribution >= 0.6 is 0 Å². The first-order valence-electron chi connectivity index (χ1n) is 4.53. The maximum absolute atomic E-state index is 11.6. The summed E-state index contributed by atoms with van der Waals surface area (Å²) in [6.45, 7) is 2.19. The van der Waals surface area contributed by atoms with Crippen LogP contribution in [-0.2, 0) is 4.79 Å². The quantitative estimate of drug-likeness (QED) is 0.750. The van der Waals surface area contributed by atoms with Gasteiger partial charge in [0.25, 0.3) is 5.91 Å². The molecule has 1 aliphatic heterocycles. The Morgan fingerprint density at radius 1 is 1.60 bits per heavy atom. The second-order valence-electron chi connectivity index (χ2n) is 3.57. The molecule has 15 heavy (non-hydrogen) atoms. The molecule has 1 fully saturated rings. The summed E-state index contributed by atoms with van der Waals surface area (Å²) in [5, 5.41) is 12.2. The summed E-state index contributed by atoms with van der Waals surface area (Å²) in [6.07, 6.45) is 0. The Morgan fingerprint density at radius 3 is 2.73 bits per heavy atom. The molecule has 0 atom stereocenters. The summed E-state index contributed by atoms with van der Waals surface area (Å²) in [4.78, 5) is 23.6. The first-order valence-corrected chi connectivity index (χ1v) is 4.53. The molecular weight excluding hydrogens is 200 g/mol. The van der Waals surface area contributed by atoms with Gasteiger partial charge in [-0.15, -0.1) is 0 Å². The van der Waals surface area contributed by atoms with E-state index in [1.165, 1.54) is 11.0 Å². The lowest BCUT2D eigenvalue weighted by molar-refractivity contribution is -0.146. The molecule has 1 N–H and O–H groups in total. The minimum atomic E-state index is -0.865. The number of carboxylic acid groups (broad SMARTS) is 1. The molecule has 2 heterocycles. The summed E-state index contributed by atoms with van der Waals surface area (Å²) < 4.78 is 4.76. The van der Waals surface area contributed by atoms with Crippen LogP contribution in [0.2, 0.25) is 0 Å². The maximum Gasteiger partial charge on any atom is 0.310 e. The molecule has 0 aromatic carbocycles. The lowest BCUT2D eigenvalue weighted by Crippen LogP contribution is -2.53. The number of carbonyl (C=O) groups is 2.